The van der Waals surface area contributed by atoms with Crippen molar-refractivity contribution >= 4 is 29.8 Å². The van der Waals surface area contributed by atoms with Crippen LogP contribution in [0.25, 0.3) is 6.08 Å². The number of fused-ring (bicyclic) bond motifs is 1. The molecule has 1 aromatic carbocycles. The number of benzene rings is 1. The number of nitrogens with zero attached hydrogens (tertiary/aromatic N) is 1. The summed E-state index contributed by atoms with van der Waals surface area (Å²) in [6, 6.07) is 2.79. The second-order valence-electron chi connectivity index (χ2n) is 8.87. The maximum Gasteiger partial charge on any atom is 0.511 e. The highest BCUT2D eigenvalue weighted by Gasteiger charge is 2.49. The van der Waals surface area contributed by atoms with Gasteiger partial charge in [-0.15, -0.1) is 10.1 Å². The zero-order valence-corrected chi connectivity index (χ0v) is 20.8. The van der Waals surface area contributed by atoms with E-state index >= 15 is 0 Å². The lowest BCUT2D eigenvalue weighted by Gasteiger charge is -2.30. The number of carbonyl (C=O) groups is 2. The van der Waals surface area contributed by atoms with Gasteiger partial charge in [-0.25, -0.2) is 9.59 Å². The maximum atomic E-state index is 13.7. The Morgan fingerprint density at radius 2 is 1.81 bits per heavy atom. The molecule has 1 aliphatic rings. The molecule has 200 valence electrons. The fraction of sp³-hybridized carbons (Fsp3) is 0.545. The Kier molecular flexibility index (Phi) is 9.05. The predicted molar refractivity (Wildman–Crippen MR) is 119 cm³/mol. The highest BCUT2D eigenvalue weighted by Crippen LogP contribution is 2.42. The summed E-state index contributed by atoms with van der Waals surface area (Å²) in [4.78, 5) is 38.6. The van der Waals surface area contributed by atoms with Gasteiger partial charge in [0.2, 0.25) is 12.4 Å². The van der Waals surface area contributed by atoms with E-state index in [1.54, 1.807) is 0 Å². The number of hydrogen-bond donors (Lipinski definition) is 0. The van der Waals surface area contributed by atoms with Crippen molar-refractivity contribution in [3.8, 4) is 5.75 Å². The molecule has 0 amide bonds. The highest BCUT2D eigenvalue weighted by molar-refractivity contribution is 6.31. The third kappa shape index (κ3) is 7.90. The molecule has 1 aromatic rings. The van der Waals surface area contributed by atoms with Crippen LogP contribution in [0.1, 0.15) is 52.2 Å². The van der Waals surface area contributed by atoms with Gasteiger partial charge >= 0.3 is 18.3 Å². The monoisotopic (exact) mass is 539 g/mol. The Bertz CT molecular complexity index is 1040. The predicted octanol–water partition coefficient (Wildman–Crippen LogP) is 5.37. The van der Waals surface area contributed by atoms with E-state index in [-0.39, 0.29) is 29.4 Å². The molecule has 14 heteroatoms. The summed E-state index contributed by atoms with van der Waals surface area (Å²) >= 11 is 6.29. The Hall–Kier alpha value is -3.22. The van der Waals surface area contributed by atoms with Crippen LogP contribution in [0.5, 0.6) is 5.75 Å². The van der Waals surface area contributed by atoms with Gasteiger partial charge in [0.15, 0.2) is 0 Å². The summed E-state index contributed by atoms with van der Waals surface area (Å²) in [6.45, 7) is 7.63. The summed E-state index contributed by atoms with van der Waals surface area (Å²) in [5, 5.41) is 9.38. The normalized spacial score (nSPS) is 17.0. The van der Waals surface area contributed by atoms with Gasteiger partial charge in [-0.05, 0) is 36.1 Å². The van der Waals surface area contributed by atoms with Crippen LogP contribution in [-0.4, -0.2) is 48.5 Å². The van der Waals surface area contributed by atoms with E-state index in [1.807, 2.05) is 20.8 Å². The summed E-state index contributed by atoms with van der Waals surface area (Å²) in [5.74, 6) is -1.54. The van der Waals surface area contributed by atoms with Crippen molar-refractivity contribution in [2.24, 2.45) is 0 Å². The molecule has 1 aliphatic heterocycles. The third-order valence-electron chi connectivity index (χ3n) is 4.83. The van der Waals surface area contributed by atoms with E-state index < -0.39 is 52.9 Å². The van der Waals surface area contributed by atoms with Crippen molar-refractivity contribution in [1.29, 1.82) is 0 Å². The molecule has 0 fully saturated rings. The molecule has 0 saturated carbocycles. The lowest BCUT2D eigenvalue weighted by atomic mass is 9.85. The minimum Gasteiger partial charge on any atom is -0.475 e. The molecular formula is C22H25ClF3NO9. The third-order valence-corrected chi connectivity index (χ3v) is 5.15. The summed E-state index contributed by atoms with van der Waals surface area (Å²) in [5.41, 5.74) is -0.657. The molecular weight excluding hydrogens is 515 g/mol. The van der Waals surface area contributed by atoms with Crippen LogP contribution in [0.3, 0.4) is 0 Å². The van der Waals surface area contributed by atoms with Crippen LogP contribution in [-0.2, 0) is 29.3 Å². The zero-order chi connectivity index (χ0) is 27.4. The quantitative estimate of drug-likeness (QED) is 0.185. The Morgan fingerprint density at radius 3 is 2.36 bits per heavy atom. The highest BCUT2D eigenvalue weighted by atomic mass is 35.5. The standard InChI is InChI=1S/C22H25ClF3NO9/c1-11(6-7-32-27(30)31)33-20(29)35-12(2)34-19(28)14-8-13-9-16(23)15(21(3,4)5)10-17(13)36-18(14)22(24,25)26/h8-12,18H,6-7H2,1-5H3/t11-,12?,18?/m0/s1. The molecule has 10 nitrogen and oxygen atoms in total. The van der Waals surface area contributed by atoms with Gasteiger partial charge in [-0.3, -0.25) is 0 Å². The van der Waals surface area contributed by atoms with E-state index in [0.717, 1.165) is 13.0 Å². The molecule has 0 bridgehead atoms. The number of halogens is 4. The van der Waals surface area contributed by atoms with Gasteiger partial charge in [0.05, 0.1) is 12.2 Å². The second kappa shape index (κ2) is 11.2. The largest absolute Gasteiger partial charge is 0.511 e. The Morgan fingerprint density at radius 1 is 1.17 bits per heavy atom. The maximum absolute atomic E-state index is 13.7. The number of alkyl halides is 3. The van der Waals surface area contributed by atoms with Gasteiger partial charge in [-0.1, -0.05) is 32.4 Å². The number of esters is 1. The van der Waals surface area contributed by atoms with Crippen LogP contribution in [0, 0.1) is 10.1 Å². The molecule has 0 N–H and O–H groups in total. The first kappa shape index (κ1) is 29.0. The van der Waals surface area contributed by atoms with Gasteiger partial charge < -0.3 is 23.8 Å². The van der Waals surface area contributed by atoms with Gasteiger partial charge in [0.25, 0.3) is 5.09 Å². The van der Waals surface area contributed by atoms with Crippen LogP contribution in [0.4, 0.5) is 18.0 Å². The molecule has 0 spiro atoms. The average molecular weight is 540 g/mol. The smallest absolute Gasteiger partial charge is 0.475 e. The van der Waals surface area contributed by atoms with Crippen molar-refractivity contribution in [1.82, 2.24) is 0 Å². The molecule has 1 heterocycles. The van der Waals surface area contributed by atoms with Crippen molar-refractivity contribution in [2.75, 3.05) is 6.61 Å². The summed E-state index contributed by atoms with van der Waals surface area (Å²) in [7, 11) is 0. The lowest BCUT2D eigenvalue weighted by Crippen LogP contribution is -2.41. The van der Waals surface area contributed by atoms with Crippen LogP contribution < -0.4 is 4.74 Å². The molecule has 0 saturated heterocycles. The van der Waals surface area contributed by atoms with Crippen LogP contribution in [0.15, 0.2) is 17.7 Å². The van der Waals surface area contributed by atoms with Crippen molar-refractivity contribution in [3.05, 3.63) is 44.0 Å². The molecule has 0 radical (unpaired) electrons. The van der Waals surface area contributed by atoms with E-state index in [2.05, 4.69) is 4.84 Å². The van der Waals surface area contributed by atoms with E-state index in [9.17, 15) is 32.9 Å². The van der Waals surface area contributed by atoms with Gasteiger partial charge in [-0.2, -0.15) is 13.2 Å². The fourth-order valence-corrected chi connectivity index (χ4v) is 3.58. The molecule has 0 aliphatic carbocycles. The van der Waals surface area contributed by atoms with Crippen molar-refractivity contribution in [2.45, 2.75) is 71.1 Å². The van der Waals surface area contributed by atoms with Gasteiger partial charge in [0.1, 0.15) is 11.9 Å². The SMILES string of the molecule is CC(OC(=O)O[C@@H](C)CCO[N+](=O)[O-])OC(=O)C1=Cc2cc(Cl)c(C(C)(C)C)cc2OC1C(F)(F)F. The number of ether oxygens (including phenoxy) is 4. The van der Waals surface area contributed by atoms with E-state index in [4.69, 9.17) is 30.5 Å². The van der Waals surface area contributed by atoms with E-state index in [0.29, 0.717) is 5.56 Å². The Balaban J connectivity index is 2.14. The van der Waals surface area contributed by atoms with Crippen LogP contribution >= 0.6 is 11.6 Å². The molecule has 2 unspecified atom stereocenters. The first-order valence-corrected chi connectivity index (χ1v) is 11.0. The second-order valence-corrected chi connectivity index (χ2v) is 9.28. The number of hydrogen-bond acceptors (Lipinski definition) is 9. The van der Waals surface area contributed by atoms with Crippen molar-refractivity contribution < 1.29 is 51.6 Å². The topological polar surface area (TPSA) is 123 Å². The lowest BCUT2D eigenvalue weighted by molar-refractivity contribution is -0.758. The molecule has 36 heavy (non-hydrogen) atoms. The minimum absolute atomic E-state index is 0.0410. The number of rotatable bonds is 8. The van der Waals surface area contributed by atoms with E-state index in [1.165, 1.54) is 19.1 Å². The van der Waals surface area contributed by atoms with Gasteiger partial charge in [0, 0.05) is 23.9 Å². The molecule has 3 atom stereocenters. The zero-order valence-electron chi connectivity index (χ0n) is 20.0. The molecule has 0 aromatic heterocycles. The van der Waals surface area contributed by atoms with Crippen LogP contribution in [0.2, 0.25) is 5.02 Å². The number of carbonyl (C=O) groups excluding carboxylic acids is 2. The molecule has 2 rings (SSSR count). The summed E-state index contributed by atoms with van der Waals surface area (Å²) in [6.07, 6.45) is -10.5. The average Bonchev–Trinajstić information content (AvgIpc) is 2.70. The summed E-state index contributed by atoms with van der Waals surface area (Å²) < 4.78 is 60.8. The first-order valence-electron chi connectivity index (χ1n) is 10.6. The fourth-order valence-electron chi connectivity index (χ4n) is 3.12. The van der Waals surface area contributed by atoms with Crippen molar-refractivity contribution in [3.63, 3.8) is 0 Å². The first-order chi connectivity index (χ1) is 16.5. The Labute approximate surface area is 209 Å². The minimum atomic E-state index is -4.96.